The second kappa shape index (κ2) is 15.4. The van der Waals surface area contributed by atoms with Crippen molar-refractivity contribution < 1.29 is 4.74 Å². The zero-order valence-electron chi connectivity index (χ0n) is 15.3. The zero-order valence-corrected chi connectivity index (χ0v) is 17.6. The average Bonchev–Trinajstić information content (AvgIpc) is 2.54. The van der Waals surface area contributed by atoms with E-state index in [1.54, 1.807) is 0 Å². The van der Waals surface area contributed by atoms with Crippen LogP contribution in [0.1, 0.15) is 52.4 Å². The first-order chi connectivity index (χ1) is 10.8. The van der Waals surface area contributed by atoms with Crippen LogP contribution in [0.15, 0.2) is 4.99 Å². The van der Waals surface area contributed by atoms with E-state index in [0.717, 1.165) is 51.1 Å². The third-order valence-corrected chi connectivity index (χ3v) is 4.29. The Hall–Kier alpha value is -0.0800. The van der Waals surface area contributed by atoms with Crippen LogP contribution in [0.3, 0.4) is 0 Å². The van der Waals surface area contributed by atoms with E-state index in [4.69, 9.17) is 4.74 Å². The summed E-state index contributed by atoms with van der Waals surface area (Å²) in [6, 6.07) is 0.761. The van der Waals surface area contributed by atoms with Crippen molar-refractivity contribution in [2.75, 3.05) is 46.4 Å². The summed E-state index contributed by atoms with van der Waals surface area (Å²) in [7, 11) is 1.84. The molecule has 0 aromatic rings. The number of nitrogens with one attached hydrogen (secondary N) is 2. The number of rotatable bonds is 10. The highest BCUT2D eigenvalue weighted by molar-refractivity contribution is 14.0. The third kappa shape index (κ3) is 11.2. The molecule has 23 heavy (non-hydrogen) atoms. The number of nitrogens with zero attached hydrogens (tertiary/aromatic N) is 2. The molecule has 2 N–H and O–H groups in total. The van der Waals surface area contributed by atoms with Gasteiger partial charge in [0.1, 0.15) is 0 Å². The maximum Gasteiger partial charge on any atom is 0.190 e. The van der Waals surface area contributed by atoms with E-state index >= 15 is 0 Å². The van der Waals surface area contributed by atoms with Gasteiger partial charge in [-0.2, -0.15) is 0 Å². The molecule has 1 heterocycles. The smallest absolute Gasteiger partial charge is 0.190 e. The van der Waals surface area contributed by atoms with E-state index in [-0.39, 0.29) is 24.0 Å². The predicted molar refractivity (Wildman–Crippen MR) is 110 cm³/mol. The minimum Gasteiger partial charge on any atom is -0.382 e. The minimum atomic E-state index is 0. The first-order valence-electron chi connectivity index (χ1n) is 9.04. The number of hydrogen-bond acceptors (Lipinski definition) is 3. The monoisotopic (exact) mass is 440 g/mol. The minimum absolute atomic E-state index is 0. The highest BCUT2D eigenvalue weighted by Crippen LogP contribution is 2.15. The van der Waals surface area contributed by atoms with E-state index in [1.165, 1.54) is 38.8 Å². The van der Waals surface area contributed by atoms with Crippen LogP contribution in [-0.2, 0) is 4.74 Å². The van der Waals surface area contributed by atoms with Crippen molar-refractivity contribution in [1.29, 1.82) is 0 Å². The molecule has 1 unspecified atom stereocenters. The van der Waals surface area contributed by atoms with Crippen LogP contribution in [0.2, 0.25) is 0 Å². The molecule has 1 aliphatic heterocycles. The van der Waals surface area contributed by atoms with E-state index < -0.39 is 0 Å². The van der Waals surface area contributed by atoms with Crippen LogP contribution in [0.25, 0.3) is 0 Å². The number of unbranched alkanes of at least 4 members (excludes halogenated alkanes) is 1. The van der Waals surface area contributed by atoms with Gasteiger partial charge in [0.15, 0.2) is 5.96 Å². The Morgan fingerprint density at radius 2 is 1.91 bits per heavy atom. The second-order valence-corrected chi connectivity index (χ2v) is 6.06. The van der Waals surface area contributed by atoms with E-state index in [0.29, 0.717) is 0 Å². The molecule has 1 rings (SSSR count). The van der Waals surface area contributed by atoms with Gasteiger partial charge in [-0.25, -0.2) is 0 Å². The van der Waals surface area contributed by atoms with Crippen LogP contribution < -0.4 is 10.6 Å². The van der Waals surface area contributed by atoms with Crippen molar-refractivity contribution in [3.8, 4) is 0 Å². The Morgan fingerprint density at radius 1 is 1.17 bits per heavy atom. The fraction of sp³-hybridized carbons (Fsp3) is 0.941. The van der Waals surface area contributed by atoms with Crippen LogP contribution >= 0.6 is 24.0 Å². The number of likely N-dealkylation sites (tertiary alicyclic amines) is 1. The quantitative estimate of drug-likeness (QED) is 0.238. The van der Waals surface area contributed by atoms with Gasteiger partial charge in [-0.05, 0) is 52.5 Å². The van der Waals surface area contributed by atoms with Crippen molar-refractivity contribution in [3.63, 3.8) is 0 Å². The lowest BCUT2D eigenvalue weighted by molar-refractivity contribution is 0.143. The maximum absolute atomic E-state index is 5.33. The molecule has 0 bridgehead atoms. The topological polar surface area (TPSA) is 48.9 Å². The van der Waals surface area contributed by atoms with Gasteiger partial charge in [0, 0.05) is 45.9 Å². The fourth-order valence-corrected chi connectivity index (χ4v) is 2.88. The van der Waals surface area contributed by atoms with Crippen LogP contribution in [-0.4, -0.2) is 63.3 Å². The van der Waals surface area contributed by atoms with Crippen molar-refractivity contribution in [2.24, 2.45) is 4.99 Å². The van der Waals surface area contributed by atoms with Gasteiger partial charge in [0.25, 0.3) is 0 Å². The molecule has 0 saturated carbocycles. The Kier molecular flexibility index (Phi) is 15.4. The molecule has 1 saturated heterocycles. The summed E-state index contributed by atoms with van der Waals surface area (Å²) in [4.78, 5) is 6.89. The summed E-state index contributed by atoms with van der Waals surface area (Å²) >= 11 is 0. The van der Waals surface area contributed by atoms with Crippen LogP contribution in [0.4, 0.5) is 0 Å². The van der Waals surface area contributed by atoms with Gasteiger partial charge in [-0.1, -0.05) is 6.42 Å². The van der Waals surface area contributed by atoms with Crippen molar-refractivity contribution in [1.82, 2.24) is 15.5 Å². The van der Waals surface area contributed by atoms with Gasteiger partial charge in [0.05, 0.1) is 0 Å². The molecule has 1 aliphatic rings. The number of guanidine groups is 1. The molecule has 1 atom stereocenters. The number of hydrogen-bond donors (Lipinski definition) is 2. The fourth-order valence-electron chi connectivity index (χ4n) is 2.88. The Labute approximate surface area is 160 Å². The third-order valence-electron chi connectivity index (χ3n) is 4.29. The van der Waals surface area contributed by atoms with E-state index in [9.17, 15) is 0 Å². The predicted octanol–water partition coefficient (Wildman–Crippen LogP) is 2.85. The summed E-state index contributed by atoms with van der Waals surface area (Å²) in [5, 5.41) is 6.77. The number of halogens is 1. The average molecular weight is 440 g/mol. The molecule has 0 amide bonds. The maximum atomic E-state index is 5.33. The lowest BCUT2D eigenvalue weighted by atomic mass is 10.0. The second-order valence-electron chi connectivity index (χ2n) is 6.06. The highest BCUT2D eigenvalue weighted by Gasteiger charge is 2.16. The van der Waals surface area contributed by atoms with Gasteiger partial charge in [-0.15, -0.1) is 24.0 Å². The summed E-state index contributed by atoms with van der Waals surface area (Å²) in [5.74, 6) is 0.920. The first kappa shape index (κ1) is 22.9. The molecular weight excluding hydrogens is 403 g/mol. The van der Waals surface area contributed by atoms with Gasteiger partial charge in [0.2, 0.25) is 0 Å². The molecule has 1 fully saturated rings. The first-order valence-corrected chi connectivity index (χ1v) is 9.04. The molecule has 0 radical (unpaired) electrons. The van der Waals surface area contributed by atoms with Crippen LogP contribution in [0.5, 0.6) is 0 Å². The zero-order chi connectivity index (χ0) is 16.0. The van der Waals surface area contributed by atoms with E-state index in [1.807, 2.05) is 14.0 Å². The van der Waals surface area contributed by atoms with Gasteiger partial charge in [-0.3, -0.25) is 4.99 Å². The molecule has 138 valence electrons. The molecule has 0 aliphatic carbocycles. The molecule has 0 aromatic heterocycles. The number of ether oxygens (including phenoxy) is 1. The summed E-state index contributed by atoms with van der Waals surface area (Å²) in [6.07, 6.45) is 7.52. The number of aliphatic imine (C=N–C) groups is 1. The van der Waals surface area contributed by atoms with Crippen molar-refractivity contribution in [3.05, 3.63) is 0 Å². The summed E-state index contributed by atoms with van der Waals surface area (Å²) in [6.45, 7) is 10.5. The lowest BCUT2D eigenvalue weighted by Crippen LogP contribution is -2.41. The largest absolute Gasteiger partial charge is 0.382 e. The summed E-state index contributed by atoms with van der Waals surface area (Å²) in [5.41, 5.74) is 0. The molecule has 5 nitrogen and oxygen atoms in total. The SMILES string of the molecule is CCOCCCCNC(=NC)NCCCN1CCCCC1C.I. The highest BCUT2D eigenvalue weighted by atomic mass is 127. The molecular formula is C17H37IN4O. The Balaban J connectivity index is 0.00000484. The molecule has 6 heteroatoms. The van der Waals surface area contributed by atoms with Gasteiger partial charge >= 0.3 is 0 Å². The van der Waals surface area contributed by atoms with Crippen molar-refractivity contribution >= 4 is 29.9 Å². The standard InChI is InChI=1S/C17H36N4O.HI/c1-4-22-15-8-6-11-19-17(18-3)20-12-9-14-21-13-7-5-10-16(21)2;/h16H,4-15H2,1-3H3,(H2,18,19,20);1H. The summed E-state index contributed by atoms with van der Waals surface area (Å²) < 4.78 is 5.33. The van der Waals surface area contributed by atoms with Gasteiger partial charge < -0.3 is 20.3 Å². The normalized spacial score (nSPS) is 19.3. The molecule has 0 spiro atoms. The van der Waals surface area contributed by atoms with E-state index in [2.05, 4.69) is 27.4 Å². The number of piperidine rings is 1. The molecule has 0 aromatic carbocycles. The Bertz CT molecular complexity index is 302. The Morgan fingerprint density at radius 3 is 2.57 bits per heavy atom. The van der Waals surface area contributed by atoms with Crippen LogP contribution in [0, 0.1) is 0 Å². The van der Waals surface area contributed by atoms with Crippen molar-refractivity contribution in [2.45, 2.75) is 58.4 Å². The lowest BCUT2D eigenvalue weighted by Gasteiger charge is -2.33.